The lowest BCUT2D eigenvalue weighted by molar-refractivity contribution is 0.0955. The molecule has 0 radical (unpaired) electrons. The number of hydrazone groups is 1. The molecule has 0 fully saturated rings. The lowest BCUT2D eigenvalue weighted by Crippen LogP contribution is -2.18. The van der Waals surface area contributed by atoms with Gasteiger partial charge in [-0.3, -0.25) is 4.79 Å². The first kappa shape index (κ1) is 19.0. The minimum Gasteiger partial charge on any atom is -0.507 e. The molecular formula is C20H23ClN2O2. The van der Waals surface area contributed by atoms with Gasteiger partial charge >= 0.3 is 0 Å². The van der Waals surface area contributed by atoms with Crippen LogP contribution in [-0.4, -0.2) is 17.2 Å². The van der Waals surface area contributed by atoms with Gasteiger partial charge in [0, 0.05) is 0 Å². The minimum absolute atomic E-state index is 0.184. The van der Waals surface area contributed by atoms with Crippen molar-refractivity contribution in [1.29, 1.82) is 0 Å². The van der Waals surface area contributed by atoms with Crippen molar-refractivity contribution in [2.45, 2.75) is 39.5 Å². The van der Waals surface area contributed by atoms with E-state index in [1.807, 2.05) is 39.8 Å². The summed E-state index contributed by atoms with van der Waals surface area (Å²) < 4.78 is 0. The normalized spacial score (nSPS) is 11.5. The van der Waals surface area contributed by atoms with Crippen LogP contribution in [0.3, 0.4) is 0 Å². The van der Waals surface area contributed by atoms with Gasteiger partial charge in [0.2, 0.25) is 0 Å². The van der Waals surface area contributed by atoms with Gasteiger partial charge in [0.25, 0.3) is 5.91 Å². The molecule has 0 atom stereocenters. The molecule has 0 aliphatic rings. The maximum Gasteiger partial charge on any atom is 0.272 e. The summed E-state index contributed by atoms with van der Waals surface area (Å²) in [6.07, 6.45) is 1.58. The average molecular weight is 359 g/mol. The van der Waals surface area contributed by atoms with Crippen LogP contribution in [0.15, 0.2) is 41.5 Å². The van der Waals surface area contributed by atoms with Crippen molar-refractivity contribution in [1.82, 2.24) is 5.43 Å². The predicted molar refractivity (Wildman–Crippen MR) is 103 cm³/mol. The van der Waals surface area contributed by atoms with Gasteiger partial charge < -0.3 is 5.11 Å². The highest BCUT2D eigenvalue weighted by Gasteiger charge is 2.14. The Morgan fingerprint density at radius 2 is 1.68 bits per heavy atom. The number of halogens is 1. The third-order valence-electron chi connectivity index (χ3n) is 3.93. The highest BCUT2D eigenvalue weighted by atomic mass is 35.5. The molecule has 2 N–H and O–H groups in total. The Bertz CT molecular complexity index is 769. The molecule has 0 spiro atoms. The summed E-state index contributed by atoms with van der Waals surface area (Å²) in [5, 5.41) is 14.8. The van der Waals surface area contributed by atoms with Crippen molar-refractivity contribution >= 4 is 23.7 Å². The Balaban J connectivity index is 2.23. The van der Waals surface area contributed by atoms with E-state index in [9.17, 15) is 9.90 Å². The first-order valence-electron chi connectivity index (χ1n) is 8.26. The summed E-state index contributed by atoms with van der Waals surface area (Å²) in [5.74, 6) is 0.336. The molecule has 0 heterocycles. The fraction of sp³-hybridized carbons (Fsp3) is 0.300. The fourth-order valence-corrected chi connectivity index (χ4v) is 2.75. The smallest absolute Gasteiger partial charge is 0.272 e. The number of carbonyl (C=O) groups excluding carboxylic acids is 1. The van der Waals surface area contributed by atoms with Crippen molar-refractivity contribution in [3.05, 3.63) is 63.7 Å². The molecule has 132 valence electrons. The molecule has 2 aromatic carbocycles. The Hall–Kier alpha value is -2.33. The molecule has 0 aliphatic carbocycles. The Labute approximate surface area is 153 Å². The van der Waals surface area contributed by atoms with Crippen molar-refractivity contribution in [2.24, 2.45) is 5.10 Å². The van der Waals surface area contributed by atoms with E-state index < -0.39 is 0 Å². The van der Waals surface area contributed by atoms with Gasteiger partial charge in [-0.2, -0.15) is 5.10 Å². The number of carbonyl (C=O) groups is 1. The van der Waals surface area contributed by atoms with Crippen LogP contribution in [0, 0.1) is 0 Å². The van der Waals surface area contributed by atoms with Crippen molar-refractivity contribution in [3.63, 3.8) is 0 Å². The maximum absolute atomic E-state index is 12.1. The molecule has 2 aromatic rings. The van der Waals surface area contributed by atoms with Crippen LogP contribution in [0.25, 0.3) is 0 Å². The molecule has 5 heteroatoms. The SMILES string of the molecule is CC(C)c1cc(/C=N\NC(=O)c2ccccc2Cl)cc(C(C)C)c1O. The molecule has 0 bridgehead atoms. The molecule has 0 saturated carbocycles. The number of phenolic OH excluding ortho intramolecular Hbond substituents is 1. The number of hydrogen-bond donors (Lipinski definition) is 2. The number of amides is 1. The van der Waals surface area contributed by atoms with Gasteiger partial charge in [0.05, 0.1) is 16.8 Å². The van der Waals surface area contributed by atoms with E-state index in [0.29, 0.717) is 16.3 Å². The van der Waals surface area contributed by atoms with Crippen LogP contribution in [-0.2, 0) is 0 Å². The quantitative estimate of drug-likeness (QED) is 0.580. The zero-order valence-corrected chi connectivity index (χ0v) is 15.6. The van der Waals surface area contributed by atoms with E-state index in [-0.39, 0.29) is 17.7 Å². The summed E-state index contributed by atoms with van der Waals surface area (Å²) >= 11 is 6.00. The third kappa shape index (κ3) is 4.60. The topological polar surface area (TPSA) is 61.7 Å². The van der Waals surface area contributed by atoms with Crippen molar-refractivity contribution in [3.8, 4) is 5.75 Å². The van der Waals surface area contributed by atoms with Crippen molar-refractivity contribution in [2.75, 3.05) is 0 Å². The molecule has 1 amide bonds. The Morgan fingerprint density at radius 3 is 2.20 bits per heavy atom. The molecule has 25 heavy (non-hydrogen) atoms. The van der Waals surface area contributed by atoms with Gasteiger partial charge in [0.1, 0.15) is 5.75 Å². The monoisotopic (exact) mass is 358 g/mol. The van der Waals surface area contributed by atoms with Crippen LogP contribution >= 0.6 is 11.6 Å². The Morgan fingerprint density at radius 1 is 1.12 bits per heavy atom. The molecule has 0 aromatic heterocycles. The summed E-state index contributed by atoms with van der Waals surface area (Å²) in [6, 6.07) is 10.6. The van der Waals surface area contributed by atoms with E-state index in [1.54, 1.807) is 30.5 Å². The van der Waals surface area contributed by atoms with Crippen LogP contribution in [0.2, 0.25) is 5.02 Å². The van der Waals surface area contributed by atoms with Crippen LogP contribution in [0.4, 0.5) is 0 Å². The maximum atomic E-state index is 12.1. The average Bonchev–Trinajstić information content (AvgIpc) is 2.55. The van der Waals surface area contributed by atoms with Gasteiger partial charge in [-0.25, -0.2) is 5.43 Å². The van der Waals surface area contributed by atoms with Gasteiger partial charge in [-0.1, -0.05) is 51.4 Å². The largest absolute Gasteiger partial charge is 0.507 e. The van der Waals surface area contributed by atoms with Crippen LogP contribution in [0.5, 0.6) is 5.75 Å². The molecule has 0 saturated heterocycles. The molecule has 0 unspecified atom stereocenters. The lowest BCUT2D eigenvalue weighted by Gasteiger charge is -2.16. The molecule has 2 rings (SSSR count). The highest BCUT2D eigenvalue weighted by molar-refractivity contribution is 6.33. The number of benzene rings is 2. The standard InChI is InChI=1S/C20H23ClN2O2/c1-12(2)16-9-14(10-17(13(3)4)19(16)24)11-22-23-20(25)15-7-5-6-8-18(15)21/h5-13,24H,1-4H3,(H,23,25)/b22-11-. The summed E-state index contributed by atoms with van der Waals surface area (Å²) in [5.41, 5.74) is 5.41. The van der Waals surface area contributed by atoms with Crippen LogP contribution in [0.1, 0.15) is 66.6 Å². The van der Waals surface area contributed by atoms with E-state index in [0.717, 1.165) is 16.7 Å². The second kappa shape index (κ2) is 8.17. The zero-order chi connectivity index (χ0) is 18.6. The number of nitrogens with one attached hydrogen (secondary N) is 1. The second-order valence-corrected chi connectivity index (χ2v) is 6.94. The van der Waals surface area contributed by atoms with E-state index in [4.69, 9.17) is 11.6 Å². The number of hydrogen-bond acceptors (Lipinski definition) is 3. The van der Waals surface area contributed by atoms with Crippen molar-refractivity contribution < 1.29 is 9.90 Å². The van der Waals surface area contributed by atoms with E-state index >= 15 is 0 Å². The fourth-order valence-electron chi connectivity index (χ4n) is 2.53. The zero-order valence-electron chi connectivity index (χ0n) is 14.9. The first-order chi connectivity index (χ1) is 11.8. The molecule has 4 nitrogen and oxygen atoms in total. The predicted octanol–water partition coefficient (Wildman–Crippen LogP) is 5.06. The van der Waals surface area contributed by atoms with Crippen LogP contribution < -0.4 is 5.43 Å². The number of nitrogens with zero attached hydrogens (tertiary/aromatic N) is 1. The van der Waals surface area contributed by atoms with Gasteiger partial charge in [-0.05, 0) is 52.8 Å². The first-order valence-corrected chi connectivity index (χ1v) is 8.63. The highest BCUT2D eigenvalue weighted by Crippen LogP contribution is 2.34. The molecular weight excluding hydrogens is 336 g/mol. The lowest BCUT2D eigenvalue weighted by atomic mass is 9.92. The molecule has 0 aliphatic heterocycles. The van der Waals surface area contributed by atoms with Gasteiger partial charge in [-0.15, -0.1) is 0 Å². The Kier molecular flexibility index (Phi) is 6.21. The summed E-state index contributed by atoms with van der Waals surface area (Å²) in [4.78, 5) is 12.1. The number of phenols is 1. The summed E-state index contributed by atoms with van der Waals surface area (Å²) in [7, 11) is 0. The van der Waals surface area contributed by atoms with Gasteiger partial charge in [0.15, 0.2) is 0 Å². The van der Waals surface area contributed by atoms with E-state index in [1.165, 1.54) is 0 Å². The second-order valence-electron chi connectivity index (χ2n) is 6.54. The minimum atomic E-state index is -0.367. The number of rotatable bonds is 5. The summed E-state index contributed by atoms with van der Waals surface area (Å²) in [6.45, 7) is 8.11. The third-order valence-corrected chi connectivity index (χ3v) is 4.26. The van der Waals surface area contributed by atoms with E-state index in [2.05, 4.69) is 10.5 Å². The number of aromatic hydroxyl groups is 1.